The molecule has 1 saturated carbocycles. The van der Waals surface area contributed by atoms with Crippen molar-refractivity contribution < 1.29 is 9.84 Å². The van der Waals surface area contributed by atoms with Gasteiger partial charge in [0, 0.05) is 19.2 Å². The van der Waals surface area contributed by atoms with E-state index >= 15 is 0 Å². The van der Waals surface area contributed by atoms with Crippen LogP contribution < -0.4 is 11.1 Å². The van der Waals surface area contributed by atoms with Gasteiger partial charge in [0.1, 0.15) is 0 Å². The molecule has 4 heteroatoms. The van der Waals surface area contributed by atoms with E-state index in [9.17, 15) is 5.11 Å². The summed E-state index contributed by atoms with van der Waals surface area (Å²) >= 11 is 0. The lowest BCUT2D eigenvalue weighted by Gasteiger charge is -2.27. The van der Waals surface area contributed by atoms with Gasteiger partial charge in [-0.15, -0.1) is 0 Å². The van der Waals surface area contributed by atoms with Gasteiger partial charge in [0.15, 0.2) is 0 Å². The zero-order chi connectivity index (χ0) is 12.5. The van der Waals surface area contributed by atoms with Crippen LogP contribution in [0.4, 0.5) is 0 Å². The van der Waals surface area contributed by atoms with Crippen molar-refractivity contribution in [3.8, 4) is 0 Å². The smallest absolute Gasteiger partial charge is 0.0693 e. The minimum absolute atomic E-state index is 0.199. The molecule has 0 spiro atoms. The number of ether oxygens (including phenoxy) is 1. The van der Waals surface area contributed by atoms with Crippen molar-refractivity contribution in [3.63, 3.8) is 0 Å². The summed E-state index contributed by atoms with van der Waals surface area (Å²) in [7, 11) is 1.72. The first-order valence-corrected chi connectivity index (χ1v) is 6.91. The van der Waals surface area contributed by atoms with Gasteiger partial charge in [-0.25, -0.2) is 0 Å². The average Bonchev–Trinajstić information content (AvgIpc) is 2.52. The van der Waals surface area contributed by atoms with Crippen molar-refractivity contribution in [3.05, 3.63) is 0 Å². The third-order valence-corrected chi connectivity index (χ3v) is 3.55. The Morgan fingerprint density at radius 3 is 2.82 bits per heavy atom. The van der Waals surface area contributed by atoms with E-state index in [0.717, 1.165) is 38.6 Å². The van der Waals surface area contributed by atoms with Crippen molar-refractivity contribution in [2.45, 2.75) is 63.1 Å². The predicted octanol–water partition coefficient (Wildman–Crippen LogP) is 1.02. The van der Waals surface area contributed by atoms with Crippen molar-refractivity contribution in [2.75, 3.05) is 20.3 Å². The van der Waals surface area contributed by atoms with Gasteiger partial charge in [0.05, 0.1) is 12.7 Å². The topological polar surface area (TPSA) is 67.5 Å². The van der Waals surface area contributed by atoms with Crippen molar-refractivity contribution in [2.24, 2.45) is 5.73 Å². The fourth-order valence-corrected chi connectivity index (χ4v) is 2.57. The van der Waals surface area contributed by atoms with Gasteiger partial charge in [-0.2, -0.15) is 0 Å². The van der Waals surface area contributed by atoms with Crippen LogP contribution in [-0.2, 0) is 4.74 Å². The molecule has 102 valence electrons. The molecule has 1 fully saturated rings. The normalized spacial score (nSPS) is 27.7. The Morgan fingerprint density at radius 2 is 2.12 bits per heavy atom. The van der Waals surface area contributed by atoms with Crippen LogP contribution in [0.2, 0.25) is 0 Å². The largest absolute Gasteiger partial charge is 0.392 e. The van der Waals surface area contributed by atoms with Crippen LogP contribution >= 0.6 is 0 Å². The molecule has 1 rings (SSSR count). The first kappa shape index (κ1) is 14.9. The number of methoxy groups -OCH3 is 1. The predicted molar refractivity (Wildman–Crippen MR) is 70.0 cm³/mol. The summed E-state index contributed by atoms with van der Waals surface area (Å²) in [4.78, 5) is 0. The van der Waals surface area contributed by atoms with Gasteiger partial charge in [-0.1, -0.05) is 19.3 Å². The molecular weight excluding hydrogens is 216 g/mol. The van der Waals surface area contributed by atoms with Crippen molar-refractivity contribution in [1.29, 1.82) is 0 Å². The van der Waals surface area contributed by atoms with E-state index in [0.29, 0.717) is 12.6 Å². The molecule has 0 radical (unpaired) electrons. The van der Waals surface area contributed by atoms with Crippen molar-refractivity contribution >= 4 is 0 Å². The van der Waals surface area contributed by atoms with Gasteiger partial charge in [-0.3, -0.25) is 0 Å². The fraction of sp³-hybridized carbons (Fsp3) is 1.00. The Balaban J connectivity index is 2.39. The van der Waals surface area contributed by atoms with Gasteiger partial charge in [0.25, 0.3) is 0 Å². The molecule has 3 atom stereocenters. The van der Waals surface area contributed by atoms with Gasteiger partial charge < -0.3 is 20.9 Å². The van der Waals surface area contributed by atoms with E-state index in [1.165, 1.54) is 12.8 Å². The number of nitrogens with one attached hydrogen (secondary N) is 1. The van der Waals surface area contributed by atoms with E-state index in [2.05, 4.69) is 5.32 Å². The molecule has 0 heterocycles. The zero-order valence-electron chi connectivity index (χ0n) is 11.0. The number of aliphatic hydroxyl groups excluding tert-OH is 1. The summed E-state index contributed by atoms with van der Waals surface area (Å²) < 4.78 is 5.22. The molecule has 0 aromatic heterocycles. The highest BCUT2D eigenvalue weighted by Gasteiger charge is 2.23. The summed E-state index contributed by atoms with van der Waals surface area (Å²) in [5, 5.41) is 13.6. The summed E-state index contributed by atoms with van der Waals surface area (Å²) in [6.45, 7) is 1.42. The lowest BCUT2D eigenvalue weighted by Crippen LogP contribution is -2.46. The van der Waals surface area contributed by atoms with Gasteiger partial charge in [-0.05, 0) is 32.2 Å². The maximum absolute atomic E-state index is 10.1. The summed E-state index contributed by atoms with van der Waals surface area (Å²) in [5.74, 6) is 0. The SMILES string of the molecule is COCC(CCCN)NC1CCCCCC1O. The lowest BCUT2D eigenvalue weighted by molar-refractivity contribution is 0.0944. The molecule has 1 aliphatic rings. The van der Waals surface area contributed by atoms with E-state index in [-0.39, 0.29) is 12.1 Å². The van der Waals surface area contributed by atoms with E-state index in [4.69, 9.17) is 10.5 Å². The van der Waals surface area contributed by atoms with Crippen molar-refractivity contribution in [1.82, 2.24) is 5.32 Å². The van der Waals surface area contributed by atoms with Crippen LogP contribution in [0.25, 0.3) is 0 Å². The summed E-state index contributed by atoms with van der Waals surface area (Å²) in [6.07, 6.45) is 7.43. The molecule has 1 aliphatic carbocycles. The Labute approximate surface area is 105 Å². The number of rotatable bonds is 7. The van der Waals surface area contributed by atoms with Crippen LogP contribution in [0.5, 0.6) is 0 Å². The number of aliphatic hydroxyl groups is 1. The fourth-order valence-electron chi connectivity index (χ4n) is 2.57. The minimum Gasteiger partial charge on any atom is -0.392 e. The first-order chi connectivity index (χ1) is 8.27. The molecule has 0 aromatic rings. The van der Waals surface area contributed by atoms with Gasteiger partial charge >= 0.3 is 0 Å². The summed E-state index contributed by atoms with van der Waals surface area (Å²) in [6, 6.07) is 0.553. The Morgan fingerprint density at radius 1 is 1.35 bits per heavy atom. The quantitative estimate of drug-likeness (QED) is 0.585. The maximum Gasteiger partial charge on any atom is 0.0693 e. The highest BCUT2D eigenvalue weighted by atomic mass is 16.5. The summed E-state index contributed by atoms with van der Waals surface area (Å²) in [5.41, 5.74) is 5.54. The molecule has 0 aliphatic heterocycles. The molecular formula is C13H28N2O2. The molecule has 0 amide bonds. The molecule has 0 aromatic carbocycles. The number of nitrogens with two attached hydrogens (primary N) is 1. The molecule has 3 unspecified atom stereocenters. The Hall–Kier alpha value is -0.160. The van der Waals surface area contributed by atoms with Crippen LogP contribution in [0.1, 0.15) is 44.9 Å². The molecule has 4 nitrogen and oxygen atoms in total. The second kappa shape index (κ2) is 8.86. The third-order valence-electron chi connectivity index (χ3n) is 3.55. The third kappa shape index (κ3) is 5.82. The first-order valence-electron chi connectivity index (χ1n) is 6.91. The van der Waals surface area contributed by atoms with E-state index in [1.807, 2.05) is 0 Å². The average molecular weight is 244 g/mol. The van der Waals surface area contributed by atoms with Gasteiger partial charge in [0.2, 0.25) is 0 Å². The molecule has 17 heavy (non-hydrogen) atoms. The minimum atomic E-state index is -0.199. The monoisotopic (exact) mass is 244 g/mol. The Kier molecular flexibility index (Phi) is 7.77. The second-order valence-electron chi connectivity index (χ2n) is 5.06. The van der Waals surface area contributed by atoms with E-state index in [1.54, 1.807) is 7.11 Å². The lowest BCUT2D eigenvalue weighted by atomic mass is 10.0. The van der Waals surface area contributed by atoms with Crippen LogP contribution in [-0.4, -0.2) is 43.6 Å². The molecule has 4 N–H and O–H groups in total. The number of hydrogen-bond donors (Lipinski definition) is 3. The molecule has 0 saturated heterocycles. The second-order valence-corrected chi connectivity index (χ2v) is 5.06. The number of hydrogen-bond acceptors (Lipinski definition) is 4. The Bertz CT molecular complexity index is 190. The van der Waals surface area contributed by atoms with E-state index < -0.39 is 0 Å². The maximum atomic E-state index is 10.1. The van der Waals surface area contributed by atoms with Crippen LogP contribution in [0, 0.1) is 0 Å². The van der Waals surface area contributed by atoms with Crippen LogP contribution in [0.15, 0.2) is 0 Å². The molecule has 0 bridgehead atoms. The standard InChI is InChI=1S/C13H28N2O2/c1-17-10-11(6-5-9-14)15-12-7-3-2-4-8-13(12)16/h11-13,15-16H,2-10,14H2,1H3. The highest BCUT2D eigenvalue weighted by molar-refractivity contribution is 4.82. The highest BCUT2D eigenvalue weighted by Crippen LogP contribution is 2.19. The zero-order valence-corrected chi connectivity index (χ0v) is 11.0. The van der Waals surface area contributed by atoms with Crippen LogP contribution in [0.3, 0.4) is 0 Å².